The number of fused-ring (bicyclic) bond motifs is 1. The topological polar surface area (TPSA) is 118 Å². The molecule has 3 rings (SSSR count). The van der Waals surface area contributed by atoms with E-state index in [9.17, 15) is 22.8 Å². The molecule has 1 atom stereocenters. The fourth-order valence-corrected chi connectivity index (χ4v) is 5.08. The third-order valence-electron chi connectivity index (χ3n) is 4.13. The predicted molar refractivity (Wildman–Crippen MR) is 88.6 cm³/mol. The van der Waals surface area contributed by atoms with E-state index in [1.54, 1.807) is 19.1 Å². The van der Waals surface area contributed by atoms with E-state index < -0.39 is 32.4 Å². The van der Waals surface area contributed by atoms with E-state index in [4.69, 9.17) is 0 Å². The van der Waals surface area contributed by atoms with Crippen molar-refractivity contribution in [2.24, 2.45) is 0 Å². The van der Waals surface area contributed by atoms with Crippen molar-refractivity contribution in [3.8, 4) is 0 Å². The van der Waals surface area contributed by atoms with Crippen LogP contribution < -0.4 is 16.4 Å². The minimum absolute atomic E-state index is 0.0243. The molecule has 1 saturated heterocycles. The van der Waals surface area contributed by atoms with Crippen LogP contribution in [-0.2, 0) is 21.2 Å². The maximum Gasteiger partial charge on any atom is 0.273 e. The third-order valence-corrected chi connectivity index (χ3v) is 6.03. The summed E-state index contributed by atoms with van der Waals surface area (Å²) in [6.07, 6.45) is 0.324. The van der Waals surface area contributed by atoms with Crippen molar-refractivity contribution in [1.29, 1.82) is 0 Å². The summed E-state index contributed by atoms with van der Waals surface area (Å²) in [4.78, 5) is 36.5. The summed E-state index contributed by atoms with van der Waals surface area (Å²) in [5, 5.41) is 5.51. The highest BCUT2D eigenvalue weighted by molar-refractivity contribution is 7.91. The molecule has 1 aromatic heterocycles. The summed E-state index contributed by atoms with van der Waals surface area (Å²) < 4.78 is 24.1. The molecule has 9 heteroatoms. The van der Waals surface area contributed by atoms with Crippen LogP contribution in [0.15, 0.2) is 33.9 Å². The number of amides is 1. The molecule has 0 bridgehead atoms. The highest BCUT2D eigenvalue weighted by atomic mass is 32.2. The Kier molecular flexibility index (Phi) is 3.83. The van der Waals surface area contributed by atoms with Gasteiger partial charge in [-0.1, -0.05) is 12.1 Å². The SMILES string of the molecule is CC1(NC(=O)Cn2[nH]c(=O)c3ccccc3c2=O)CCS(=O)(=O)C1. The van der Waals surface area contributed by atoms with Gasteiger partial charge in [0, 0.05) is 0 Å². The van der Waals surface area contributed by atoms with Gasteiger partial charge in [-0.15, -0.1) is 0 Å². The van der Waals surface area contributed by atoms with Crippen molar-refractivity contribution in [3.05, 3.63) is 45.0 Å². The molecule has 1 unspecified atom stereocenters. The molecule has 0 saturated carbocycles. The van der Waals surface area contributed by atoms with Crippen LogP contribution in [0.25, 0.3) is 10.8 Å². The smallest absolute Gasteiger partial charge is 0.273 e. The Labute approximate surface area is 137 Å². The van der Waals surface area contributed by atoms with Crippen LogP contribution in [0.1, 0.15) is 13.3 Å². The Hall–Kier alpha value is -2.42. The second-order valence-corrected chi connectivity index (χ2v) is 8.51. The zero-order valence-corrected chi connectivity index (χ0v) is 13.9. The number of hydrogen-bond donors (Lipinski definition) is 2. The third kappa shape index (κ3) is 3.12. The van der Waals surface area contributed by atoms with Gasteiger partial charge in [0.05, 0.1) is 27.8 Å². The minimum Gasteiger partial charge on any atom is -0.348 e. The van der Waals surface area contributed by atoms with Crippen LogP contribution in [0, 0.1) is 0 Å². The van der Waals surface area contributed by atoms with Gasteiger partial charge < -0.3 is 5.32 Å². The fraction of sp³-hybridized carbons (Fsp3) is 0.400. The van der Waals surface area contributed by atoms with Gasteiger partial charge in [-0.05, 0) is 25.5 Å². The lowest BCUT2D eigenvalue weighted by Gasteiger charge is -2.24. The maximum absolute atomic E-state index is 12.4. The molecule has 2 heterocycles. The zero-order chi connectivity index (χ0) is 17.5. The molecule has 1 aromatic carbocycles. The fourth-order valence-electron chi connectivity index (χ4n) is 2.99. The van der Waals surface area contributed by atoms with Gasteiger partial charge in [-0.3, -0.25) is 19.5 Å². The summed E-state index contributed by atoms with van der Waals surface area (Å²) >= 11 is 0. The van der Waals surface area contributed by atoms with Crippen LogP contribution in [0.4, 0.5) is 0 Å². The first kappa shape index (κ1) is 16.4. The molecule has 128 valence electrons. The molecule has 0 aliphatic carbocycles. The number of hydrogen-bond acceptors (Lipinski definition) is 5. The monoisotopic (exact) mass is 351 g/mol. The molecular weight excluding hydrogens is 334 g/mol. The first-order chi connectivity index (χ1) is 11.2. The average molecular weight is 351 g/mol. The standard InChI is InChI=1S/C15H17N3O5S/c1-15(6-7-24(22,23)9-15)16-12(19)8-18-14(21)11-5-3-2-4-10(11)13(20)17-18/h2-5H,6-9H2,1H3,(H,16,19)(H,17,20). The number of aromatic nitrogens is 2. The van der Waals surface area contributed by atoms with Gasteiger partial charge in [0.1, 0.15) is 6.54 Å². The number of benzene rings is 1. The zero-order valence-electron chi connectivity index (χ0n) is 13.0. The molecule has 1 fully saturated rings. The van der Waals surface area contributed by atoms with Gasteiger partial charge in [0.2, 0.25) is 5.91 Å². The molecule has 1 aliphatic rings. The highest BCUT2D eigenvalue weighted by Gasteiger charge is 2.39. The van der Waals surface area contributed by atoms with Crippen LogP contribution in [0.2, 0.25) is 0 Å². The molecule has 0 radical (unpaired) electrons. The lowest BCUT2D eigenvalue weighted by molar-refractivity contribution is -0.123. The van der Waals surface area contributed by atoms with Crippen LogP contribution in [-0.4, -0.2) is 41.2 Å². The van der Waals surface area contributed by atoms with E-state index in [0.29, 0.717) is 6.42 Å². The molecule has 1 amide bonds. The van der Waals surface area contributed by atoms with Crippen molar-refractivity contribution >= 4 is 26.5 Å². The lowest BCUT2D eigenvalue weighted by Crippen LogP contribution is -2.49. The Balaban J connectivity index is 1.85. The number of rotatable bonds is 3. The van der Waals surface area contributed by atoms with Gasteiger partial charge >= 0.3 is 0 Å². The number of nitrogens with one attached hydrogen (secondary N) is 2. The highest BCUT2D eigenvalue weighted by Crippen LogP contribution is 2.22. The molecule has 24 heavy (non-hydrogen) atoms. The number of aromatic amines is 1. The molecule has 1 aliphatic heterocycles. The summed E-state index contributed by atoms with van der Waals surface area (Å²) in [6.45, 7) is 1.27. The largest absolute Gasteiger partial charge is 0.348 e. The van der Waals surface area contributed by atoms with E-state index in [1.807, 2.05) is 0 Å². The summed E-state index contributed by atoms with van der Waals surface area (Å²) in [5.74, 6) is -0.631. The maximum atomic E-state index is 12.4. The van der Waals surface area contributed by atoms with Crippen molar-refractivity contribution in [1.82, 2.24) is 15.1 Å². The first-order valence-corrected chi connectivity index (χ1v) is 9.25. The Bertz CT molecular complexity index is 1040. The number of H-pyrrole nitrogens is 1. The van der Waals surface area contributed by atoms with Crippen molar-refractivity contribution in [3.63, 3.8) is 0 Å². The quantitative estimate of drug-likeness (QED) is 0.764. The summed E-state index contributed by atoms with van der Waals surface area (Å²) in [5.41, 5.74) is -1.80. The van der Waals surface area contributed by atoms with Gasteiger partial charge in [0.15, 0.2) is 9.84 Å². The second kappa shape index (κ2) is 5.59. The second-order valence-electron chi connectivity index (χ2n) is 6.33. The van der Waals surface area contributed by atoms with Crippen LogP contribution in [0.3, 0.4) is 0 Å². The van der Waals surface area contributed by atoms with Gasteiger partial charge in [-0.25, -0.2) is 13.1 Å². The number of sulfone groups is 1. The van der Waals surface area contributed by atoms with Crippen molar-refractivity contribution < 1.29 is 13.2 Å². The molecule has 2 aromatic rings. The normalized spacial score (nSPS) is 22.5. The van der Waals surface area contributed by atoms with E-state index in [1.165, 1.54) is 12.1 Å². The van der Waals surface area contributed by atoms with E-state index >= 15 is 0 Å². The van der Waals surface area contributed by atoms with E-state index in [2.05, 4.69) is 10.4 Å². The summed E-state index contributed by atoms with van der Waals surface area (Å²) in [7, 11) is -3.16. The van der Waals surface area contributed by atoms with Gasteiger partial charge in [0.25, 0.3) is 11.1 Å². The van der Waals surface area contributed by atoms with Crippen molar-refractivity contribution in [2.75, 3.05) is 11.5 Å². The Morgan fingerprint density at radius 3 is 2.58 bits per heavy atom. The van der Waals surface area contributed by atoms with E-state index in [0.717, 1.165) is 4.68 Å². The molecular formula is C15H17N3O5S. The number of nitrogens with zero attached hydrogens (tertiary/aromatic N) is 1. The molecule has 8 nitrogen and oxygen atoms in total. The van der Waals surface area contributed by atoms with Crippen LogP contribution in [0.5, 0.6) is 0 Å². The lowest BCUT2D eigenvalue weighted by atomic mass is 10.0. The Morgan fingerprint density at radius 1 is 1.29 bits per heavy atom. The van der Waals surface area contributed by atoms with Crippen molar-refractivity contribution in [2.45, 2.75) is 25.4 Å². The Morgan fingerprint density at radius 2 is 1.96 bits per heavy atom. The van der Waals surface area contributed by atoms with E-state index in [-0.39, 0.29) is 28.8 Å². The van der Waals surface area contributed by atoms with Gasteiger partial charge in [-0.2, -0.15) is 0 Å². The average Bonchev–Trinajstić information content (AvgIpc) is 2.77. The molecule has 0 spiro atoms. The number of carbonyl (C=O) groups is 1. The first-order valence-electron chi connectivity index (χ1n) is 7.42. The minimum atomic E-state index is -3.16. The molecule has 2 N–H and O–H groups in total. The summed E-state index contributed by atoms with van der Waals surface area (Å²) in [6, 6.07) is 6.34. The van der Waals surface area contributed by atoms with Crippen LogP contribution >= 0.6 is 0 Å². The predicted octanol–water partition coefficient (Wildman–Crippen LogP) is -0.617. The number of carbonyl (C=O) groups excluding carboxylic acids is 1.